The van der Waals surface area contributed by atoms with Gasteiger partial charge in [0.2, 0.25) is 0 Å². The summed E-state index contributed by atoms with van der Waals surface area (Å²) < 4.78 is 0. The van der Waals surface area contributed by atoms with Crippen molar-refractivity contribution in [3.05, 3.63) is 0 Å². The smallest absolute Gasteiger partial charge is 0.337 e. The molecule has 0 fully saturated rings. The highest BCUT2D eigenvalue weighted by Gasteiger charge is 2.54. The summed E-state index contributed by atoms with van der Waals surface area (Å²) >= 11 is 0. The van der Waals surface area contributed by atoms with Crippen LogP contribution in [0.1, 0.15) is 104 Å². The van der Waals surface area contributed by atoms with Crippen molar-refractivity contribution in [1.82, 2.24) is 0 Å². The van der Waals surface area contributed by atoms with Gasteiger partial charge in [-0.1, -0.05) is 78.1 Å². The Morgan fingerprint density at radius 3 is 1.68 bits per heavy atom. The fraction of sp³-hybridized carbons (Fsp3) is 0.826. The van der Waals surface area contributed by atoms with Crippen LogP contribution in [0.25, 0.3) is 0 Å². The molecule has 0 aromatic carbocycles. The summed E-state index contributed by atoms with van der Waals surface area (Å²) in [5, 5.41) is 38.8. The number of carbonyl (C=O) groups is 4. The zero-order chi connectivity index (χ0) is 23.9. The molecule has 8 nitrogen and oxygen atoms in total. The molecule has 3 unspecified atom stereocenters. The fourth-order valence-corrected chi connectivity index (χ4v) is 4.00. The Morgan fingerprint density at radius 1 is 0.742 bits per heavy atom. The van der Waals surface area contributed by atoms with E-state index in [0.29, 0.717) is 12.8 Å². The molecule has 0 rings (SSSR count). The lowest BCUT2D eigenvalue weighted by atomic mass is 9.71. The maximum atomic E-state index is 12.8. The summed E-state index contributed by atoms with van der Waals surface area (Å²) in [4.78, 5) is 47.7. The molecule has 3 atom stereocenters. The van der Waals surface area contributed by atoms with Gasteiger partial charge in [0.15, 0.2) is 5.60 Å². The fourth-order valence-electron chi connectivity index (χ4n) is 4.00. The molecular weight excluding hydrogens is 404 g/mol. The van der Waals surface area contributed by atoms with E-state index in [9.17, 15) is 34.5 Å². The van der Waals surface area contributed by atoms with E-state index in [4.69, 9.17) is 5.11 Å². The standard InChI is InChI=1S/C23H40O8/c1-3-5-7-8-9-10-11-13-14-17(18(24)15-12-6-4-2)20(21(27)28)23(31,22(29)30)16-19(25)26/h17,20,31H,3-16H2,1-2H3,(H,25,26)(H,27,28)(H,29,30). The molecule has 0 aliphatic heterocycles. The molecule has 4 N–H and O–H groups in total. The van der Waals surface area contributed by atoms with E-state index >= 15 is 0 Å². The summed E-state index contributed by atoms with van der Waals surface area (Å²) in [7, 11) is 0. The van der Waals surface area contributed by atoms with Gasteiger partial charge in [-0.25, -0.2) is 4.79 Å². The van der Waals surface area contributed by atoms with Crippen LogP contribution in [0.2, 0.25) is 0 Å². The normalized spacial score (nSPS) is 15.1. The van der Waals surface area contributed by atoms with Crippen LogP contribution in [0.5, 0.6) is 0 Å². The first-order chi connectivity index (χ1) is 14.6. The Hall–Kier alpha value is -1.96. The molecule has 0 radical (unpaired) electrons. The average molecular weight is 445 g/mol. The van der Waals surface area contributed by atoms with E-state index in [-0.39, 0.29) is 12.8 Å². The number of Topliss-reactive ketones (excluding diaryl/α,β-unsaturated/α-hetero) is 1. The van der Waals surface area contributed by atoms with Gasteiger partial charge in [0.25, 0.3) is 0 Å². The molecule has 180 valence electrons. The summed E-state index contributed by atoms with van der Waals surface area (Å²) in [6, 6.07) is 0. The van der Waals surface area contributed by atoms with Crippen molar-refractivity contribution in [2.75, 3.05) is 0 Å². The van der Waals surface area contributed by atoms with Crippen LogP contribution in [0, 0.1) is 11.8 Å². The van der Waals surface area contributed by atoms with Crippen LogP contribution in [0.4, 0.5) is 0 Å². The van der Waals surface area contributed by atoms with Crippen LogP contribution in [0.15, 0.2) is 0 Å². The average Bonchev–Trinajstić information content (AvgIpc) is 2.67. The Morgan fingerprint density at radius 2 is 1.23 bits per heavy atom. The molecule has 0 saturated heterocycles. The number of rotatable bonds is 20. The quantitative estimate of drug-likeness (QED) is 0.203. The van der Waals surface area contributed by atoms with Crippen molar-refractivity contribution in [1.29, 1.82) is 0 Å². The van der Waals surface area contributed by atoms with E-state index in [1.807, 2.05) is 6.92 Å². The van der Waals surface area contributed by atoms with E-state index in [0.717, 1.165) is 51.4 Å². The first-order valence-corrected chi connectivity index (χ1v) is 11.5. The van der Waals surface area contributed by atoms with E-state index in [1.54, 1.807) is 0 Å². The molecule has 0 aromatic rings. The first kappa shape index (κ1) is 29.0. The number of ketones is 1. The highest BCUT2D eigenvalue weighted by Crippen LogP contribution is 2.34. The van der Waals surface area contributed by atoms with Gasteiger partial charge >= 0.3 is 17.9 Å². The predicted octanol–water partition coefficient (Wildman–Crippen LogP) is 4.27. The maximum Gasteiger partial charge on any atom is 0.337 e. The number of unbranched alkanes of at least 4 members (excludes halogenated alkanes) is 9. The predicted molar refractivity (Wildman–Crippen MR) is 116 cm³/mol. The summed E-state index contributed by atoms with van der Waals surface area (Å²) in [5.41, 5.74) is -3.05. The third kappa shape index (κ3) is 10.8. The van der Waals surface area contributed by atoms with Crippen molar-refractivity contribution in [2.24, 2.45) is 11.8 Å². The summed E-state index contributed by atoms with van der Waals surface area (Å²) in [5.74, 6) is -8.92. The number of hydrogen-bond acceptors (Lipinski definition) is 5. The molecule has 0 amide bonds. The van der Waals surface area contributed by atoms with Gasteiger partial charge in [0.1, 0.15) is 11.7 Å². The van der Waals surface area contributed by atoms with E-state index in [2.05, 4.69) is 6.92 Å². The Bertz CT molecular complexity index is 574. The van der Waals surface area contributed by atoms with Gasteiger partial charge in [0, 0.05) is 12.3 Å². The SMILES string of the molecule is CCCCCCCCCCC(C(=O)CCCCC)C(C(=O)O)C(O)(CC(=O)O)C(=O)O. The zero-order valence-corrected chi connectivity index (χ0v) is 19.0. The molecular formula is C23H40O8. The van der Waals surface area contributed by atoms with Crippen molar-refractivity contribution < 1.29 is 39.6 Å². The molecule has 0 aromatic heterocycles. The van der Waals surface area contributed by atoms with Crippen LogP contribution >= 0.6 is 0 Å². The topological polar surface area (TPSA) is 149 Å². The molecule has 31 heavy (non-hydrogen) atoms. The molecule has 0 aliphatic carbocycles. The number of carboxylic acids is 3. The second kappa shape index (κ2) is 15.8. The van der Waals surface area contributed by atoms with Crippen LogP contribution in [-0.4, -0.2) is 49.7 Å². The largest absolute Gasteiger partial charge is 0.481 e. The third-order valence-electron chi connectivity index (χ3n) is 5.78. The highest BCUT2D eigenvalue weighted by molar-refractivity contribution is 5.94. The second-order valence-electron chi connectivity index (χ2n) is 8.41. The monoisotopic (exact) mass is 444 g/mol. The lowest BCUT2D eigenvalue weighted by Crippen LogP contribution is -2.55. The number of carboxylic acid groups (broad SMARTS) is 3. The minimum atomic E-state index is -3.05. The Balaban J connectivity index is 5.40. The van der Waals surface area contributed by atoms with Crippen molar-refractivity contribution in [3.63, 3.8) is 0 Å². The van der Waals surface area contributed by atoms with E-state index in [1.165, 1.54) is 6.42 Å². The van der Waals surface area contributed by atoms with Crippen molar-refractivity contribution >= 4 is 23.7 Å². The van der Waals surface area contributed by atoms with E-state index < -0.39 is 47.5 Å². The molecule has 8 heteroatoms. The second-order valence-corrected chi connectivity index (χ2v) is 8.41. The maximum absolute atomic E-state index is 12.8. The van der Waals surface area contributed by atoms with Crippen LogP contribution in [-0.2, 0) is 19.2 Å². The van der Waals surface area contributed by atoms with Crippen molar-refractivity contribution in [3.8, 4) is 0 Å². The van der Waals surface area contributed by atoms with Gasteiger partial charge in [-0.3, -0.25) is 14.4 Å². The Kier molecular flexibility index (Phi) is 14.8. The van der Waals surface area contributed by atoms with Gasteiger partial charge in [0.05, 0.1) is 6.42 Å². The van der Waals surface area contributed by atoms with Gasteiger partial charge < -0.3 is 20.4 Å². The third-order valence-corrected chi connectivity index (χ3v) is 5.78. The minimum Gasteiger partial charge on any atom is -0.481 e. The number of carbonyl (C=O) groups excluding carboxylic acids is 1. The highest BCUT2D eigenvalue weighted by atomic mass is 16.4. The lowest BCUT2D eigenvalue weighted by molar-refractivity contribution is -0.184. The number of aliphatic hydroxyl groups is 1. The summed E-state index contributed by atoms with van der Waals surface area (Å²) in [6.07, 6.45) is 8.96. The first-order valence-electron chi connectivity index (χ1n) is 11.5. The lowest BCUT2D eigenvalue weighted by Gasteiger charge is -2.33. The molecule has 0 saturated carbocycles. The number of aliphatic carboxylic acids is 3. The zero-order valence-electron chi connectivity index (χ0n) is 19.0. The minimum absolute atomic E-state index is 0.0854. The van der Waals surface area contributed by atoms with Crippen LogP contribution < -0.4 is 0 Å². The molecule has 0 heterocycles. The van der Waals surface area contributed by atoms with Crippen molar-refractivity contribution in [2.45, 2.75) is 109 Å². The van der Waals surface area contributed by atoms with Gasteiger partial charge in [-0.15, -0.1) is 0 Å². The number of hydrogen-bond donors (Lipinski definition) is 4. The molecule has 0 aliphatic rings. The van der Waals surface area contributed by atoms with Crippen LogP contribution in [0.3, 0.4) is 0 Å². The Labute approximate surface area is 185 Å². The van der Waals surface area contributed by atoms with Gasteiger partial charge in [-0.2, -0.15) is 0 Å². The molecule has 0 spiro atoms. The summed E-state index contributed by atoms with van der Waals surface area (Å²) in [6.45, 7) is 4.10. The molecule has 0 bridgehead atoms. The van der Waals surface area contributed by atoms with Gasteiger partial charge in [-0.05, 0) is 12.8 Å².